The standard InChI is InChI=1S/C17H32/c1-4-6-8-9-10-11-12-13-14-16-17(3)15-7-5-2/h17H,4-7,10-16H2,1-3H3. The van der Waals surface area contributed by atoms with Gasteiger partial charge in [0.2, 0.25) is 0 Å². The van der Waals surface area contributed by atoms with Gasteiger partial charge >= 0.3 is 0 Å². The third-order valence-corrected chi connectivity index (χ3v) is 3.30. The van der Waals surface area contributed by atoms with Gasteiger partial charge in [0.1, 0.15) is 0 Å². The Morgan fingerprint density at radius 2 is 1.35 bits per heavy atom. The fourth-order valence-corrected chi connectivity index (χ4v) is 2.06. The molecule has 1 unspecified atom stereocenters. The molecule has 0 nitrogen and oxygen atoms in total. The van der Waals surface area contributed by atoms with Crippen molar-refractivity contribution in [3.8, 4) is 11.8 Å². The van der Waals surface area contributed by atoms with Crippen LogP contribution < -0.4 is 0 Å². The zero-order valence-corrected chi connectivity index (χ0v) is 12.4. The maximum absolute atomic E-state index is 3.26. The van der Waals surface area contributed by atoms with Crippen molar-refractivity contribution in [2.45, 2.75) is 91.4 Å². The van der Waals surface area contributed by atoms with Crippen LogP contribution in [-0.2, 0) is 0 Å². The summed E-state index contributed by atoms with van der Waals surface area (Å²) in [4.78, 5) is 0. The summed E-state index contributed by atoms with van der Waals surface area (Å²) in [5.74, 6) is 7.43. The number of rotatable bonds is 10. The first-order chi connectivity index (χ1) is 8.31. The Morgan fingerprint density at radius 1 is 0.706 bits per heavy atom. The molecule has 1 atom stereocenters. The lowest BCUT2D eigenvalue weighted by Gasteiger charge is -2.09. The molecule has 0 bridgehead atoms. The summed E-state index contributed by atoms with van der Waals surface area (Å²) >= 11 is 0. The van der Waals surface area contributed by atoms with Gasteiger partial charge in [-0.05, 0) is 18.8 Å². The van der Waals surface area contributed by atoms with Gasteiger partial charge in [0.15, 0.2) is 0 Å². The Kier molecular flexibility index (Phi) is 13.3. The van der Waals surface area contributed by atoms with E-state index >= 15 is 0 Å². The maximum Gasteiger partial charge on any atom is 0.00886 e. The normalized spacial score (nSPS) is 11.9. The van der Waals surface area contributed by atoms with Crippen molar-refractivity contribution in [1.29, 1.82) is 0 Å². The second-order valence-corrected chi connectivity index (χ2v) is 5.30. The molecule has 0 amide bonds. The third kappa shape index (κ3) is 13.5. The molecule has 0 saturated carbocycles. The molecule has 0 aliphatic carbocycles. The van der Waals surface area contributed by atoms with Gasteiger partial charge in [0, 0.05) is 12.8 Å². The Hall–Kier alpha value is -0.440. The van der Waals surface area contributed by atoms with E-state index in [-0.39, 0.29) is 0 Å². The molecule has 0 aliphatic rings. The lowest BCUT2D eigenvalue weighted by atomic mass is 9.97. The van der Waals surface area contributed by atoms with Crippen molar-refractivity contribution in [2.24, 2.45) is 5.92 Å². The van der Waals surface area contributed by atoms with Crippen LogP contribution in [0.2, 0.25) is 0 Å². The smallest absolute Gasteiger partial charge is 0.00886 e. The lowest BCUT2D eigenvalue weighted by molar-refractivity contribution is 0.444. The molecule has 0 aromatic heterocycles. The molecule has 0 spiro atoms. The van der Waals surface area contributed by atoms with Crippen molar-refractivity contribution in [3.63, 3.8) is 0 Å². The van der Waals surface area contributed by atoms with E-state index < -0.39 is 0 Å². The molecular formula is C17H32. The molecule has 100 valence electrons. The van der Waals surface area contributed by atoms with E-state index in [0.29, 0.717) is 0 Å². The van der Waals surface area contributed by atoms with Gasteiger partial charge in [-0.2, -0.15) is 0 Å². The molecule has 0 rings (SSSR count). The third-order valence-electron chi connectivity index (χ3n) is 3.30. The van der Waals surface area contributed by atoms with E-state index in [4.69, 9.17) is 0 Å². The van der Waals surface area contributed by atoms with Gasteiger partial charge in [-0.25, -0.2) is 0 Å². The SMILES string of the molecule is CCCC#CCCCCCCC(C)CCCC. The number of hydrogen-bond donors (Lipinski definition) is 0. The van der Waals surface area contributed by atoms with Crippen molar-refractivity contribution >= 4 is 0 Å². The maximum atomic E-state index is 3.26. The summed E-state index contributed by atoms with van der Waals surface area (Å²) in [6.45, 7) is 6.88. The molecule has 0 heterocycles. The van der Waals surface area contributed by atoms with Crippen LogP contribution in [-0.4, -0.2) is 0 Å². The van der Waals surface area contributed by atoms with Gasteiger partial charge in [-0.1, -0.05) is 65.7 Å². The molecular weight excluding hydrogens is 204 g/mol. The molecule has 0 aromatic rings. The first kappa shape index (κ1) is 16.6. The summed E-state index contributed by atoms with van der Waals surface area (Å²) in [5.41, 5.74) is 0. The largest absolute Gasteiger partial charge is 0.103 e. The predicted octanol–water partition coefficient (Wildman–Crippen LogP) is 5.96. The average Bonchev–Trinajstić information content (AvgIpc) is 2.34. The second-order valence-electron chi connectivity index (χ2n) is 5.30. The highest BCUT2D eigenvalue weighted by Crippen LogP contribution is 2.16. The summed E-state index contributed by atoms with van der Waals surface area (Å²) in [5, 5.41) is 0. The van der Waals surface area contributed by atoms with Crippen LogP contribution in [0.3, 0.4) is 0 Å². The zero-order chi connectivity index (χ0) is 12.8. The van der Waals surface area contributed by atoms with E-state index in [1.54, 1.807) is 0 Å². The van der Waals surface area contributed by atoms with Crippen LogP contribution >= 0.6 is 0 Å². The summed E-state index contributed by atoms with van der Waals surface area (Å²) < 4.78 is 0. The molecule has 0 aromatic carbocycles. The monoisotopic (exact) mass is 236 g/mol. The van der Waals surface area contributed by atoms with E-state index in [1.807, 2.05) is 0 Å². The minimum absolute atomic E-state index is 0.944. The van der Waals surface area contributed by atoms with Crippen LogP contribution in [0.5, 0.6) is 0 Å². The van der Waals surface area contributed by atoms with E-state index in [2.05, 4.69) is 32.6 Å². The second kappa shape index (κ2) is 13.6. The molecule has 17 heavy (non-hydrogen) atoms. The molecule has 0 fully saturated rings. The van der Waals surface area contributed by atoms with Gasteiger partial charge in [0.05, 0.1) is 0 Å². The van der Waals surface area contributed by atoms with Crippen molar-refractivity contribution in [3.05, 3.63) is 0 Å². The Bertz CT molecular complexity index is 194. The Balaban J connectivity index is 3.16. The molecule has 0 aliphatic heterocycles. The van der Waals surface area contributed by atoms with Crippen molar-refractivity contribution in [1.82, 2.24) is 0 Å². The lowest BCUT2D eigenvalue weighted by Crippen LogP contribution is -1.94. The van der Waals surface area contributed by atoms with Crippen molar-refractivity contribution in [2.75, 3.05) is 0 Å². The predicted molar refractivity (Wildman–Crippen MR) is 79.1 cm³/mol. The molecule has 0 N–H and O–H groups in total. The van der Waals surface area contributed by atoms with Crippen LogP contribution in [0, 0.1) is 17.8 Å². The molecule has 0 heteroatoms. The number of hydrogen-bond acceptors (Lipinski definition) is 0. The minimum atomic E-state index is 0.944. The summed E-state index contributed by atoms with van der Waals surface area (Å²) in [6, 6.07) is 0. The molecule has 0 radical (unpaired) electrons. The summed E-state index contributed by atoms with van der Waals surface area (Å²) in [7, 11) is 0. The highest BCUT2D eigenvalue weighted by atomic mass is 14.1. The molecule has 0 saturated heterocycles. The van der Waals surface area contributed by atoms with Crippen molar-refractivity contribution < 1.29 is 0 Å². The van der Waals surface area contributed by atoms with E-state index in [0.717, 1.165) is 18.8 Å². The van der Waals surface area contributed by atoms with Gasteiger partial charge < -0.3 is 0 Å². The fourth-order valence-electron chi connectivity index (χ4n) is 2.06. The number of unbranched alkanes of at least 4 members (excludes halogenated alkanes) is 6. The zero-order valence-electron chi connectivity index (χ0n) is 12.4. The minimum Gasteiger partial charge on any atom is -0.103 e. The highest BCUT2D eigenvalue weighted by Gasteiger charge is 2.00. The Labute approximate surface area is 110 Å². The van der Waals surface area contributed by atoms with Crippen LogP contribution in [0.4, 0.5) is 0 Å². The summed E-state index contributed by atoms with van der Waals surface area (Å²) in [6.07, 6.45) is 14.5. The fraction of sp³-hybridized carbons (Fsp3) is 0.882. The van der Waals surface area contributed by atoms with Gasteiger partial charge in [-0.15, -0.1) is 11.8 Å². The van der Waals surface area contributed by atoms with Crippen LogP contribution in [0.15, 0.2) is 0 Å². The average molecular weight is 236 g/mol. The Morgan fingerprint density at radius 3 is 2.06 bits per heavy atom. The van der Waals surface area contributed by atoms with E-state index in [9.17, 15) is 0 Å². The van der Waals surface area contributed by atoms with E-state index in [1.165, 1.54) is 57.8 Å². The highest BCUT2D eigenvalue weighted by molar-refractivity contribution is 4.98. The first-order valence-electron chi connectivity index (χ1n) is 7.77. The van der Waals surface area contributed by atoms with Crippen LogP contribution in [0.1, 0.15) is 91.4 Å². The topological polar surface area (TPSA) is 0 Å². The van der Waals surface area contributed by atoms with Crippen LogP contribution in [0.25, 0.3) is 0 Å². The van der Waals surface area contributed by atoms with Gasteiger partial charge in [-0.3, -0.25) is 0 Å². The quantitative estimate of drug-likeness (QED) is 0.324. The first-order valence-corrected chi connectivity index (χ1v) is 7.77. The van der Waals surface area contributed by atoms with Gasteiger partial charge in [0.25, 0.3) is 0 Å².